The van der Waals surface area contributed by atoms with E-state index >= 15 is 0 Å². The monoisotopic (exact) mass is 392 g/mol. The van der Waals surface area contributed by atoms with Gasteiger partial charge in [-0.15, -0.1) is 11.3 Å². The topological polar surface area (TPSA) is 98.5 Å². The summed E-state index contributed by atoms with van der Waals surface area (Å²) in [5.74, 6) is -1.79. The van der Waals surface area contributed by atoms with Gasteiger partial charge in [-0.2, -0.15) is 0 Å². The van der Waals surface area contributed by atoms with Gasteiger partial charge < -0.3 is 15.8 Å². The lowest BCUT2D eigenvalue weighted by Crippen LogP contribution is -2.23. The zero-order chi connectivity index (χ0) is 18.7. The Hall–Kier alpha value is -2.38. The molecule has 6 nitrogen and oxygen atoms in total. The van der Waals surface area contributed by atoms with Crippen LogP contribution in [0.3, 0.4) is 0 Å². The van der Waals surface area contributed by atoms with E-state index in [1.165, 1.54) is 17.4 Å². The number of hydrogen-bond acceptors (Lipinski definition) is 5. The Morgan fingerprint density at radius 1 is 1.19 bits per heavy atom. The Kier molecular flexibility index (Phi) is 5.58. The standard InChI is InChI=1S/C18H17ClN2O4S/c19-12-7-3-1-5-10(12)18(24)25-9-14(22)21-17-15(16(20)23)11-6-2-4-8-13(11)26-17/h1,3,5,7H,2,4,6,8-9H2,(H2,20,23)(H,21,22). The lowest BCUT2D eigenvalue weighted by Gasteiger charge is -2.11. The van der Waals surface area contributed by atoms with Crippen molar-refractivity contribution in [2.75, 3.05) is 11.9 Å². The molecule has 8 heteroatoms. The van der Waals surface area contributed by atoms with E-state index in [1.807, 2.05) is 0 Å². The maximum absolute atomic E-state index is 12.2. The largest absolute Gasteiger partial charge is 0.452 e. The quantitative estimate of drug-likeness (QED) is 0.763. The molecule has 136 valence electrons. The van der Waals surface area contributed by atoms with Crippen molar-refractivity contribution in [3.8, 4) is 0 Å². The molecule has 2 aromatic rings. The van der Waals surface area contributed by atoms with Crippen molar-refractivity contribution in [2.45, 2.75) is 25.7 Å². The maximum Gasteiger partial charge on any atom is 0.340 e. The second-order valence-corrected chi connectivity index (χ2v) is 7.40. The number of fused-ring (bicyclic) bond motifs is 1. The predicted molar refractivity (Wildman–Crippen MR) is 99.8 cm³/mol. The van der Waals surface area contributed by atoms with Gasteiger partial charge in [-0.05, 0) is 43.4 Å². The highest BCUT2D eigenvalue weighted by atomic mass is 35.5. The third-order valence-corrected chi connectivity index (χ3v) is 5.64. The van der Waals surface area contributed by atoms with E-state index in [9.17, 15) is 14.4 Å². The summed E-state index contributed by atoms with van der Waals surface area (Å²) in [6, 6.07) is 6.42. The number of benzene rings is 1. The average molecular weight is 393 g/mol. The van der Waals surface area contributed by atoms with Crippen molar-refractivity contribution in [2.24, 2.45) is 5.73 Å². The molecule has 0 spiro atoms. The molecule has 2 amide bonds. The zero-order valence-corrected chi connectivity index (χ0v) is 15.4. The minimum atomic E-state index is -0.689. The van der Waals surface area contributed by atoms with Crippen molar-refractivity contribution in [3.05, 3.63) is 50.9 Å². The minimum absolute atomic E-state index is 0.186. The molecule has 1 heterocycles. The van der Waals surface area contributed by atoms with Crippen LogP contribution < -0.4 is 11.1 Å². The normalized spacial score (nSPS) is 13.0. The molecule has 1 aromatic carbocycles. The van der Waals surface area contributed by atoms with Gasteiger partial charge in [0.25, 0.3) is 11.8 Å². The number of esters is 1. The minimum Gasteiger partial charge on any atom is -0.452 e. The predicted octanol–water partition coefficient (Wildman–Crippen LogP) is 3.17. The molecule has 0 bridgehead atoms. The lowest BCUT2D eigenvalue weighted by molar-refractivity contribution is -0.119. The number of anilines is 1. The molecule has 0 radical (unpaired) electrons. The summed E-state index contributed by atoms with van der Waals surface area (Å²) in [4.78, 5) is 37.0. The van der Waals surface area contributed by atoms with Crippen LogP contribution in [0, 0.1) is 0 Å². The lowest BCUT2D eigenvalue weighted by atomic mass is 9.95. The Morgan fingerprint density at radius 3 is 2.65 bits per heavy atom. The van der Waals surface area contributed by atoms with Crippen molar-refractivity contribution in [1.29, 1.82) is 0 Å². The molecule has 26 heavy (non-hydrogen) atoms. The number of carbonyl (C=O) groups excluding carboxylic acids is 3. The van der Waals surface area contributed by atoms with Gasteiger partial charge in [0.05, 0.1) is 16.1 Å². The summed E-state index contributed by atoms with van der Waals surface area (Å²) >= 11 is 7.28. The Balaban J connectivity index is 1.67. The first kappa shape index (κ1) is 18.4. The molecule has 0 aliphatic heterocycles. The summed E-state index contributed by atoms with van der Waals surface area (Å²) in [7, 11) is 0. The van der Waals surface area contributed by atoms with Crippen LogP contribution in [-0.2, 0) is 22.4 Å². The van der Waals surface area contributed by atoms with Gasteiger partial charge in [0.1, 0.15) is 5.00 Å². The van der Waals surface area contributed by atoms with E-state index in [4.69, 9.17) is 22.1 Å². The number of nitrogens with one attached hydrogen (secondary N) is 1. The number of nitrogens with two attached hydrogens (primary N) is 1. The molecule has 3 rings (SSSR count). The molecule has 3 N–H and O–H groups in total. The van der Waals surface area contributed by atoms with Crippen molar-refractivity contribution in [1.82, 2.24) is 0 Å². The van der Waals surface area contributed by atoms with Crippen LogP contribution in [0.1, 0.15) is 44.0 Å². The van der Waals surface area contributed by atoms with Gasteiger partial charge in [-0.1, -0.05) is 23.7 Å². The van der Waals surface area contributed by atoms with Crippen LogP contribution >= 0.6 is 22.9 Å². The number of hydrogen-bond donors (Lipinski definition) is 2. The van der Waals surface area contributed by atoms with Gasteiger partial charge in [0, 0.05) is 4.88 Å². The van der Waals surface area contributed by atoms with Crippen molar-refractivity contribution >= 4 is 45.7 Å². The summed E-state index contributed by atoms with van der Waals surface area (Å²) in [6.07, 6.45) is 3.69. The SMILES string of the molecule is NC(=O)c1c(NC(=O)COC(=O)c2ccccc2Cl)sc2c1CCCC2. The van der Waals surface area contributed by atoms with Crippen molar-refractivity contribution < 1.29 is 19.1 Å². The van der Waals surface area contributed by atoms with Gasteiger partial charge in [-0.25, -0.2) is 4.79 Å². The number of primary amides is 1. The highest BCUT2D eigenvalue weighted by Crippen LogP contribution is 2.37. The highest BCUT2D eigenvalue weighted by Gasteiger charge is 2.25. The maximum atomic E-state index is 12.2. The number of ether oxygens (including phenoxy) is 1. The van der Waals surface area contributed by atoms with E-state index in [1.54, 1.807) is 18.2 Å². The molecule has 0 atom stereocenters. The Morgan fingerprint density at radius 2 is 1.92 bits per heavy atom. The molecular weight excluding hydrogens is 376 g/mol. The molecule has 1 aromatic heterocycles. The van der Waals surface area contributed by atoms with Gasteiger partial charge >= 0.3 is 5.97 Å². The second-order valence-electron chi connectivity index (χ2n) is 5.88. The summed E-state index contributed by atoms with van der Waals surface area (Å²) in [6.45, 7) is -0.481. The molecule has 0 saturated carbocycles. The average Bonchev–Trinajstić information content (AvgIpc) is 2.98. The Labute approximate surface area is 159 Å². The fourth-order valence-electron chi connectivity index (χ4n) is 2.91. The number of amides is 2. The summed E-state index contributed by atoms with van der Waals surface area (Å²) in [5, 5.41) is 3.31. The smallest absolute Gasteiger partial charge is 0.340 e. The van der Waals surface area contributed by atoms with Crippen LogP contribution in [-0.4, -0.2) is 24.4 Å². The van der Waals surface area contributed by atoms with Crippen LogP contribution in [0.15, 0.2) is 24.3 Å². The molecule has 0 unspecified atom stereocenters. The van der Waals surface area contributed by atoms with E-state index in [2.05, 4.69) is 5.32 Å². The van der Waals surface area contributed by atoms with Gasteiger partial charge in [0.2, 0.25) is 0 Å². The number of halogens is 1. The second kappa shape index (κ2) is 7.88. The van der Waals surface area contributed by atoms with E-state index < -0.39 is 24.4 Å². The van der Waals surface area contributed by atoms with Gasteiger partial charge in [0.15, 0.2) is 6.61 Å². The molecular formula is C18H17ClN2O4S. The number of thiophene rings is 1. The van der Waals surface area contributed by atoms with E-state index in [0.717, 1.165) is 36.1 Å². The highest BCUT2D eigenvalue weighted by molar-refractivity contribution is 7.17. The fourth-order valence-corrected chi connectivity index (χ4v) is 4.44. The molecule has 0 saturated heterocycles. The Bertz CT molecular complexity index is 878. The first-order chi connectivity index (χ1) is 12.5. The number of carbonyl (C=O) groups is 3. The number of rotatable bonds is 5. The van der Waals surface area contributed by atoms with E-state index in [0.29, 0.717) is 10.6 Å². The first-order valence-corrected chi connectivity index (χ1v) is 9.32. The van der Waals surface area contributed by atoms with Crippen LogP contribution in [0.25, 0.3) is 0 Å². The molecule has 0 fully saturated rings. The first-order valence-electron chi connectivity index (χ1n) is 8.13. The van der Waals surface area contributed by atoms with Gasteiger partial charge in [-0.3, -0.25) is 9.59 Å². The number of aryl methyl sites for hydroxylation is 1. The van der Waals surface area contributed by atoms with Crippen LogP contribution in [0.2, 0.25) is 5.02 Å². The van der Waals surface area contributed by atoms with Crippen molar-refractivity contribution in [3.63, 3.8) is 0 Å². The summed E-state index contributed by atoms with van der Waals surface area (Å²) in [5.41, 5.74) is 6.98. The fraction of sp³-hybridized carbons (Fsp3) is 0.278. The van der Waals surface area contributed by atoms with E-state index in [-0.39, 0.29) is 10.6 Å². The third-order valence-electron chi connectivity index (χ3n) is 4.10. The molecule has 1 aliphatic rings. The molecule has 1 aliphatic carbocycles. The third kappa shape index (κ3) is 3.89. The van der Waals surface area contributed by atoms with Crippen LogP contribution in [0.4, 0.5) is 5.00 Å². The summed E-state index contributed by atoms with van der Waals surface area (Å²) < 4.78 is 5.00. The zero-order valence-electron chi connectivity index (χ0n) is 13.8. The van der Waals surface area contributed by atoms with Crippen LogP contribution in [0.5, 0.6) is 0 Å².